The van der Waals surface area contributed by atoms with Gasteiger partial charge in [0.15, 0.2) is 0 Å². The van der Waals surface area contributed by atoms with E-state index >= 15 is 0 Å². The Hall–Kier alpha value is -1.03. The van der Waals surface area contributed by atoms with Gasteiger partial charge in [0, 0.05) is 11.6 Å². The average Bonchev–Trinajstić information content (AvgIpc) is 2.15. The molecular formula is C9H13ClO4. The number of carbonyl (C=O) groups is 2. The Morgan fingerprint density at radius 3 is 2.50 bits per heavy atom. The predicted octanol–water partition coefficient (Wildman–Crippen LogP) is 1.28. The number of ether oxygens (including phenoxy) is 2. The molecule has 14 heavy (non-hydrogen) atoms. The van der Waals surface area contributed by atoms with Crippen molar-refractivity contribution in [1.82, 2.24) is 0 Å². The van der Waals surface area contributed by atoms with Gasteiger partial charge >= 0.3 is 11.9 Å². The molecule has 5 heteroatoms. The molecule has 80 valence electrons. The Kier molecular flexibility index (Phi) is 6.84. The maximum Gasteiger partial charge on any atom is 0.333 e. The minimum absolute atomic E-state index is 0.132. The normalized spacial score (nSPS) is 10.9. The fourth-order valence-corrected chi connectivity index (χ4v) is 0.739. The van der Waals surface area contributed by atoms with Crippen LogP contribution >= 0.6 is 11.6 Å². The number of esters is 2. The zero-order chi connectivity index (χ0) is 11.0. The fraction of sp³-hybridized carbons (Fsp3) is 0.556. The third kappa shape index (κ3) is 5.59. The highest BCUT2D eigenvalue weighted by atomic mass is 35.5. The van der Waals surface area contributed by atoms with Crippen molar-refractivity contribution in [2.75, 3.05) is 19.1 Å². The molecule has 0 saturated heterocycles. The van der Waals surface area contributed by atoms with E-state index in [1.165, 1.54) is 6.92 Å². The van der Waals surface area contributed by atoms with E-state index in [0.717, 1.165) is 6.08 Å². The maximum atomic E-state index is 11.0. The van der Waals surface area contributed by atoms with Gasteiger partial charge in [0.1, 0.15) is 6.61 Å². The SMILES string of the molecule is CCOC(=O)/C(C)=C\C(=O)OCCCl. The van der Waals surface area contributed by atoms with Crippen LogP contribution in [0.15, 0.2) is 11.6 Å². The van der Waals surface area contributed by atoms with Crippen molar-refractivity contribution in [2.24, 2.45) is 0 Å². The van der Waals surface area contributed by atoms with Gasteiger partial charge in [-0.3, -0.25) is 0 Å². The predicted molar refractivity (Wildman–Crippen MR) is 52.1 cm³/mol. The highest BCUT2D eigenvalue weighted by Crippen LogP contribution is 1.97. The van der Waals surface area contributed by atoms with Gasteiger partial charge in [0.2, 0.25) is 0 Å². The summed E-state index contributed by atoms with van der Waals surface area (Å²) < 4.78 is 9.30. The van der Waals surface area contributed by atoms with Crippen LogP contribution in [-0.2, 0) is 19.1 Å². The van der Waals surface area contributed by atoms with Crippen molar-refractivity contribution in [1.29, 1.82) is 0 Å². The number of alkyl halides is 1. The van der Waals surface area contributed by atoms with E-state index < -0.39 is 11.9 Å². The Labute approximate surface area is 87.8 Å². The Morgan fingerprint density at radius 1 is 1.36 bits per heavy atom. The van der Waals surface area contributed by atoms with Gasteiger partial charge in [-0.1, -0.05) is 0 Å². The van der Waals surface area contributed by atoms with Crippen LogP contribution in [0.2, 0.25) is 0 Å². The molecule has 0 aromatic carbocycles. The summed E-state index contributed by atoms with van der Waals surface area (Å²) in [6.45, 7) is 3.59. The van der Waals surface area contributed by atoms with Crippen molar-refractivity contribution in [3.8, 4) is 0 Å². The highest BCUT2D eigenvalue weighted by molar-refractivity contribution is 6.18. The number of hydrogen-bond acceptors (Lipinski definition) is 4. The minimum Gasteiger partial charge on any atom is -0.463 e. The van der Waals surface area contributed by atoms with E-state index in [4.69, 9.17) is 11.6 Å². The van der Waals surface area contributed by atoms with E-state index in [9.17, 15) is 9.59 Å². The van der Waals surface area contributed by atoms with Crippen LogP contribution in [0.25, 0.3) is 0 Å². The summed E-state index contributed by atoms with van der Waals surface area (Å²) in [7, 11) is 0. The van der Waals surface area contributed by atoms with Gasteiger partial charge in [-0.15, -0.1) is 11.6 Å². The lowest BCUT2D eigenvalue weighted by Crippen LogP contribution is -2.09. The van der Waals surface area contributed by atoms with Crippen molar-refractivity contribution in [2.45, 2.75) is 13.8 Å². The van der Waals surface area contributed by atoms with Crippen LogP contribution in [0, 0.1) is 0 Å². The first-order valence-electron chi connectivity index (χ1n) is 4.20. The molecule has 0 aliphatic carbocycles. The van der Waals surface area contributed by atoms with Crippen molar-refractivity contribution in [3.05, 3.63) is 11.6 Å². The molecule has 0 atom stereocenters. The van der Waals surface area contributed by atoms with Crippen LogP contribution in [0.1, 0.15) is 13.8 Å². The van der Waals surface area contributed by atoms with Crippen LogP contribution in [0.4, 0.5) is 0 Å². The zero-order valence-electron chi connectivity index (χ0n) is 8.21. The minimum atomic E-state index is -0.587. The zero-order valence-corrected chi connectivity index (χ0v) is 8.97. The summed E-state index contributed by atoms with van der Waals surface area (Å²) in [6, 6.07) is 0. The van der Waals surface area contributed by atoms with Crippen LogP contribution in [0.5, 0.6) is 0 Å². The molecule has 0 saturated carbocycles. The van der Waals surface area contributed by atoms with Crippen molar-refractivity contribution in [3.63, 3.8) is 0 Å². The topological polar surface area (TPSA) is 52.6 Å². The Bertz CT molecular complexity index is 235. The molecule has 0 bridgehead atoms. The fourth-order valence-electron chi connectivity index (χ4n) is 0.661. The number of halogens is 1. The molecule has 0 aliphatic heterocycles. The summed E-state index contributed by atoms with van der Waals surface area (Å²) in [6.07, 6.45) is 1.09. The Balaban J connectivity index is 4.08. The monoisotopic (exact) mass is 220 g/mol. The molecule has 0 aliphatic rings. The van der Waals surface area contributed by atoms with E-state index in [2.05, 4.69) is 9.47 Å². The molecule has 4 nitrogen and oxygen atoms in total. The molecule has 0 unspecified atom stereocenters. The molecule has 0 aromatic heterocycles. The molecule has 0 heterocycles. The first-order valence-corrected chi connectivity index (χ1v) is 4.73. The van der Waals surface area contributed by atoms with E-state index in [1.807, 2.05) is 0 Å². The lowest BCUT2D eigenvalue weighted by atomic mass is 10.3. The van der Waals surface area contributed by atoms with Crippen molar-refractivity contribution >= 4 is 23.5 Å². The van der Waals surface area contributed by atoms with Gasteiger partial charge in [-0.05, 0) is 13.8 Å². The van der Waals surface area contributed by atoms with Gasteiger partial charge in [0.05, 0.1) is 12.5 Å². The third-order valence-electron chi connectivity index (χ3n) is 1.25. The quantitative estimate of drug-likeness (QED) is 0.398. The molecule has 0 fully saturated rings. The summed E-state index contributed by atoms with van der Waals surface area (Å²) in [5.74, 6) is -0.871. The Morgan fingerprint density at radius 2 is 2.00 bits per heavy atom. The first kappa shape index (κ1) is 13.0. The smallest absolute Gasteiger partial charge is 0.333 e. The summed E-state index contributed by atoms with van der Waals surface area (Å²) in [5.41, 5.74) is 0.214. The standard InChI is InChI=1S/C9H13ClO4/c1-3-13-9(12)7(2)6-8(11)14-5-4-10/h6H,3-5H2,1-2H3/b7-6-. The lowest BCUT2D eigenvalue weighted by Gasteiger charge is -2.01. The number of hydrogen-bond donors (Lipinski definition) is 0. The van der Waals surface area contributed by atoms with Crippen LogP contribution < -0.4 is 0 Å². The molecule has 0 spiro atoms. The van der Waals surface area contributed by atoms with E-state index in [1.54, 1.807) is 6.92 Å². The molecular weight excluding hydrogens is 208 g/mol. The second-order valence-electron chi connectivity index (χ2n) is 2.40. The third-order valence-corrected chi connectivity index (χ3v) is 1.41. The molecule has 0 aromatic rings. The summed E-state index contributed by atoms with van der Waals surface area (Å²) in [4.78, 5) is 22.0. The summed E-state index contributed by atoms with van der Waals surface area (Å²) >= 11 is 5.30. The number of rotatable bonds is 5. The van der Waals surface area contributed by atoms with Gasteiger partial charge < -0.3 is 9.47 Å². The van der Waals surface area contributed by atoms with E-state index in [-0.39, 0.29) is 24.7 Å². The highest BCUT2D eigenvalue weighted by Gasteiger charge is 2.07. The molecule has 0 amide bonds. The average molecular weight is 221 g/mol. The first-order chi connectivity index (χ1) is 6.61. The van der Waals surface area contributed by atoms with Gasteiger partial charge in [-0.2, -0.15) is 0 Å². The second kappa shape index (κ2) is 7.38. The van der Waals surface area contributed by atoms with Gasteiger partial charge in [0.25, 0.3) is 0 Å². The molecule has 0 N–H and O–H groups in total. The van der Waals surface area contributed by atoms with Gasteiger partial charge in [-0.25, -0.2) is 9.59 Å². The largest absolute Gasteiger partial charge is 0.463 e. The van der Waals surface area contributed by atoms with E-state index in [0.29, 0.717) is 0 Å². The van der Waals surface area contributed by atoms with Crippen molar-refractivity contribution < 1.29 is 19.1 Å². The van der Waals surface area contributed by atoms with Crippen LogP contribution in [-0.4, -0.2) is 31.0 Å². The summed E-state index contributed by atoms with van der Waals surface area (Å²) in [5, 5.41) is 0. The van der Waals surface area contributed by atoms with Crippen LogP contribution in [0.3, 0.4) is 0 Å². The maximum absolute atomic E-state index is 11.0. The molecule has 0 radical (unpaired) electrons. The second-order valence-corrected chi connectivity index (χ2v) is 2.78. The lowest BCUT2D eigenvalue weighted by molar-refractivity contribution is -0.140. The molecule has 0 rings (SSSR count). The number of carbonyl (C=O) groups excluding carboxylic acids is 2.